The van der Waals surface area contributed by atoms with Gasteiger partial charge in [0.25, 0.3) is 0 Å². The fraction of sp³-hybridized carbons (Fsp3) is 0.462. The Hall–Kier alpha value is -1.26. The Kier molecular flexibility index (Phi) is 2.92. The molecule has 0 aliphatic carbocycles. The van der Waals surface area contributed by atoms with Crippen molar-refractivity contribution < 1.29 is 19.0 Å². The van der Waals surface area contributed by atoms with Gasteiger partial charge in [-0.15, -0.1) is 0 Å². The molecule has 1 aromatic rings. The van der Waals surface area contributed by atoms with Gasteiger partial charge in [-0.05, 0) is 42.1 Å². The van der Waals surface area contributed by atoms with E-state index in [9.17, 15) is 4.79 Å². The molecule has 0 saturated carbocycles. The van der Waals surface area contributed by atoms with Gasteiger partial charge in [0.15, 0.2) is 11.5 Å². The molecule has 0 radical (unpaired) electrons. The lowest BCUT2D eigenvalue weighted by molar-refractivity contribution is -0.120. The molecule has 0 bridgehead atoms. The van der Waals surface area contributed by atoms with Crippen LogP contribution in [0.5, 0.6) is 11.5 Å². The third kappa shape index (κ3) is 1.76. The number of ether oxygens (including phenoxy) is 3. The summed E-state index contributed by atoms with van der Waals surface area (Å²) in [6, 6.07) is 5.57. The highest BCUT2D eigenvalue weighted by molar-refractivity contribution is 6.65. The fourth-order valence-electron chi connectivity index (χ4n) is 2.51. The zero-order valence-corrected chi connectivity index (χ0v) is 10.5. The van der Waals surface area contributed by atoms with E-state index < -0.39 is 5.41 Å². The predicted molar refractivity (Wildman–Crippen MR) is 65.2 cm³/mol. The summed E-state index contributed by atoms with van der Waals surface area (Å²) < 4.78 is 15.9. The smallest absolute Gasteiger partial charge is 0.232 e. The first-order valence-electron chi connectivity index (χ1n) is 5.90. The highest BCUT2D eigenvalue weighted by atomic mass is 35.5. The van der Waals surface area contributed by atoms with E-state index >= 15 is 0 Å². The molecule has 1 aromatic carbocycles. The number of rotatable bonds is 2. The minimum atomic E-state index is -0.652. The molecule has 4 nitrogen and oxygen atoms in total. The van der Waals surface area contributed by atoms with E-state index in [1.807, 2.05) is 18.2 Å². The molecule has 2 aliphatic heterocycles. The van der Waals surface area contributed by atoms with Gasteiger partial charge in [0.2, 0.25) is 12.0 Å². The summed E-state index contributed by atoms with van der Waals surface area (Å²) in [5, 5.41) is -0.329. The van der Waals surface area contributed by atoms with Crippen molar-refractivity contribution in [2.75, 3.05) is 20.0 Å². The summed E-state index contributed by atoms with van der Waals surface area (Å²) in [5.74, 6) is 1.39. The second-order valence-electron chi connectivity index (χ2n) is 4.54. The number of fused-ring (bicyclic) bond motifs is 1. The van der Waals surface area contributed by atoms with Crippen LogP contribution in [0.15, 0.2) is 18.2 Å². The molecule has 0 unspecified atom stereocenters. The molecule has 18 heavy (non-hydrogen) atoms. The van der Waals surface area contributed by atoms with Gasteiger partial charge in [-0.2, -0.15) is 0 Å². The summed E-state index contributed by atoms with van der Waals surface area (Å²) in [5.41, 5.74) is 0.232. The van der Waals surface area contributed by atoms with E-state index in [0.717, 1.165) is 5.56 Å². The maximum Gasteiger partial charge on any atom is 0.232 e. The van der Waals surface area contributed by atoms with Crippen LogP contribution in [0.3, 0.4) is 0 Å². The van der Waals surface area contributed by atoms with Gasteiger partial charge >= 0.3 is 0 Å². The van der Waals surface area contributed by atoms with Gasteiger partial charge in [0.1, 0.15) is 0 Å². The first kappa shape index (κ1) is 11.8. The Bertz CT molecular complexity index is 480. The molecule has 3 rings (SSSR count). The number of hydrogen-bond donors (Lipinski definition) is 0. The molecule has 5 heteroatoms. The maximum atomic E-state index is 11.9. The van der Waals surface area contributed by atoms with Crippen LogP contribution < -0.4 is 9.47 Å². The van der Waals surface area contributed by atoms with Crippen LogP contribution in [0.4, 0.5) is 0 Å². The number of halogens is 1. The van der Waals surface area contributed by atoms with Crippen LogP contribution >= 0.6 is 11.6 Å². The summed E-state index contributed by atoms with van der Waals surface area (Å²) in [6.07, 6.45) is 1.21. The van der Waals surface area contributed by atoms with Crippen molar-refractivity contribution in [1.29, 1.82) is 0 Å². The van der Waals surface area contributed by atoms with E-state index in [-0.39, 0.29) is 12.0 Å². The Morgan fingerprint density at radius 3 is 2.61 bits per heavy atom. The van der Waals surface area contributed by atoms with Crippen LogP contribution in [-0.2, 0) is 14.9 Å². The molecule has 96 valence electrons. The van der Waals surface area contributed by atoms with Crippen LogP contribution in [0.25, 0.3) is 0 Å². The highest BCUT2D eigenvalue weighted by Gasteiger charge is 2.41. The Morgan fingerprint density at radius 1 is 1.17 bits per heavy atom. The fourth-order valence-corrected chi connectivity index (χ4v) is 2.81. The van der Waals surface area contributed by atoms with Crippen molar-refractivity contribution in [2.45, 2.75) is 18.3 Å². The Balaban J connectivity index is 2.02. The van der Waals surface area contributed by atoms with E-state index in [2.05, 4.69) is 0 Å². The second kappa shape index (κ2) is 4.44. The lowest BCUT2D eigenvalue weighted by Gasteiger charge is -2.34. The van der Waals surface area contributed by atoms with Crippen molar-refractivity contribution in [3.63, 3.8) is 0 Å². The van der Waals surface area contributed by atoms with Gasteiger partial charge in [0.05, 0.1) is 5.41 Å². The SMILES string of the molecule is O=C(Cl)C1(c2ccc3c(c2)OCO3)CCOCC1. The third-order valence-electron chi connectivity index (χ3n) is 3.65. The van der Waals surface area contributed by atoms with E-state index in [0.29, 0.717) is 37.6 Å². The zero-order chi connectivity index (χ0) is 12.6. The summed E-state index contributed by atoms with van der Waals surface area (Å²) >= 11 is 5.83. The normalized spacial score (nSPS) is 20.7. The van der Waals surface area contributed by atoms with E-state index in [1.165, 1.54) is 0 Å². The first-order valence-corrected chi connectivity index (χ1v) is 6.28. The molecule has 1 saturated heterocycles. The molecule has 2 aliphatic rings. The molecule has 0 aromatic heterocycles. The standard InChI is InChI=1S/C13H13ClO4/c14-12(15)13(3-5-16-6-4-13)9-1-2-10-11(7-9)18-8-17-10/h1-2,7H,3-6,8H2. The van der Waals surface area contributed by atoms with Crippen molar-refractivity contribution in [1.82, 2.24) is 0 Å². The molecule has 0 N–H and O–H groups in total. The summed E-state index contributed by atoms with van der Waals surface area (Å²) in [4.78, 5) is 11.9. The Morgan fingerprint density at radius 2 is 1.89 bits per heavy atom. The molecular weight excluding hydrogens is 256 g/mol. The van der Waals surface area contributed by atoms with Gasteiger partial charge in [-0.3, -0.25) is 4.79 Å². The lowest BCUT2D eigenvalue weighted by Crippen LogP contribution is -2.39. The summed E-state index contributed by atoms with van der Waals surface area (Å²) in [7, 11) is 0. The lowest BCUT2D eigenvalue weighted by atomic mass is 9.75. The van der Waals surface area contributed by atoms with Crippen LogP contribution in [0.1, 0.15) is 18.4 Å². The van der Waals surface area contributed by atoms with Gasteiger partial charge in [-0.1, -0.05) is 6.07 Å². The van der Waals surface area contributed by atoms with Crippen LogP contribution in [0.2, 0.25) is 0 Å². The van der Waals surface area contributed by atoms with Gasteiger partial charge < -0.3 is 14.2 Å². The zero-order valence-electron chi connectivity index (χ0n) is 9.78. The second-order valence-corrected chi connectivity index (χ2v) is 4.88. The molecular formula is C13H13ClO4. The predicted octanol–water partition coefficient (Wildman–Crippen LogP) is 2.23. The monoisotopic (exact) mass is 268 g/mol. The van der Waals surface area contributed by atoms with E-state index in [4.69, 9.17) is 25.8 Å². The Labute approximate surface area is 110 Å². The van der Waals surface area contributed by atoms with Crippen LogP contribution in [-0.4, -0.2) is 25.2 Å². The number of hydrogen-bond acceptors (Lipinski definition) is 4. The largest absolute Gasteiger partial charge is 0.454 e. The van der Waals surface area contributed by atoms with Crippen LogP contribution in [0, 0.1) is 0 Å². The molecule has 0 spiro atoms. The van der Waals surface area contributed by atoms with Crippen molar-refractivity contribution in [3.05, 3.63) is 23.8 Å². The third-order valence-corrected chi connectivity index (χ3v) is 4.01. The summed E-state index contributed by atoms with van der Waals surface area (Å²) in [6.45, 7) is 1.32. The topological polar surface area (TPSA) is 44.8 Å². The average molecular weight is 269 g/mol. The quantitative estimate of drug-likeness (QED) is 0.772. The van der Waals surface area contributed by atoms with Crippen molar-refractivity contribution in [3.8, 4) is 11.5 Å². The molecule has 2 heterocycles. The average Bonchev–Trinajstić information content (AvgIpc) is 2.86. The van der Waals surface area contributed by atoms with Crippen molar-refractivity contribution in [2.24, 2.45) is 0 Å². The maximum absolute atomic E-state index is 11.9. The molecule has 0 atom stereocenters. The van der Waals surface area contributed by atoms with E-state index in [1.54, 1.807) is 0 Å². The molecule has 1 fully saturated rings. The molecule has 0 amide bonds. The number of benzene rings is 1. The highest BCUT2D eigenvalue weighted by Crippen LogP contribution is 2.41. The number of carbonyl (C=O) groups excluding carboxylic acids is 1. The van der Waals surface area contributed by atoms with Gasteiger partial charge in [-0.25, -0.2) is 0 Å². The van der Waals surface area contributed by atoms with Gasteiger partial charge in [0, 0.05) is 13.2 Å². The minimum Gasteiger partial charge on any atom is -0.454 e. The van der Waals surface area contributed by atoms with Crippen molar-refractivity contribution >= 4 is 16.8 Å². The minimum absolute atomic E-state index is 0.226. The first-order chi connectivity index (χ1) is 8.72. The number of carbonyl (C=O) groups is 1.